The molecule has 1 aromatic carbocycles. The third kappa shape index (κ3) is 1.95. The van der Waals surface area contributed by atoms with E-state index in [1.165, 1.54) is 0 Å². The third-order valence-electron chi connectivity index (χ3n) is 1.76. The maximum atomic E-state index is 11.5. The van der Waals surface area contributed by atoms with Crippen LogP contribution in [0.1, 0.15) is 22.8 Å². The van der Waals surface area contributed by atoms with Crippen molar-refractivity contribution in [1.82, 2.24) is 0 Å². The van der Waals surface area contributed by atoms with E-state index in [1.54, 1.807) is 31.2 Å². The lowest BCUT2D eigenvalue weighted by atomic mass is 10.0. The lowest BCUT2D eigenvalue weighted by molar-refractivity contribution is 0.0968. The molecule has 0 aliphatic heterocycles. The maximum absolute atomic E-state index is 11.5. The molecule has 1 rings (SSSR count). The Morgan fingerprint density at radius 3 is 2.69 bits per heavy atom. The van der Waals surface area contributed by atoms with Gasteiger partial charge in [0.05, 0.1) is 6.04 Å². The van der Waals surface area contributed by atoms with E-state index in [-0.39, 0.29) is 5.78 Å². The van der Waals surface area contributed by atoms with Gasteiger partial charge in [0.15, 0.2) is 5.78 Å². The summed E-state index contributed by atoms with van der Waals surface area (Å²) in [6.07, 6.45) is 5.25. The van der Waals surface area contributed by atoms with E-state index < -0.39 is 6.04 Å². The van der Waals surface area contributed by atoms with Gasteiger partial charge < -0.3 is 5.73 Å². The standard InChI is InChI=1S/C11H11NO/c1-3-9-6-4-5-7-10(9)11(13)8(2)12/h1,4-8H,12H2,2H3. The number of ketones is 1. The fourth-order valence-electron chi connectivity index (χ4n) is 1.07. The number of hydrogen-bond acceptors (Lipinski definition) is 2. The Hall–Kier alpha value is -1.59. The average Bonchev–Trinajstić information content (AvgIpc) is 2.16. The highest BCUT2D eigenvalue weighted by Gasteiger charge is 2.12. The first-order chi connectivity index (χ1) is 6.16. The van der Waals surface area contributed by atoms with Crippen LogP contribution in [0.5, 0.6) is 0 Å². The number of nitrogens with two attached hydrogens (primary N) is 1. The van der Waals surface area contributed by atoms with Crippen molar-refractivity contribution in [2.75, 3.05) is 0 Å². The van der Waals surface area contributed by atoms with E-state index in [0.717, 1.165) is 0 Å². The van der Waals surface area contributed by atoms with Crippen LogP contribution in [0.4, 0.5) is 0 Å². The zero-order valence-electron chi connectivity index (χ0n) is 7.45. The molecule has 0 saturated heterocycles. The second-order valence-corrected chi connectivity index (χ2v) is 2.84. The third-order valence-corrected chi connectivity index (χ3v) is 1.76. The molecule has 0 aromatic heterocycles. The zero-order chi connectivity index (χ0) is 9.84. The van der Waals surface area contributed by atoms with Crippen LogP contribution in [0.3, 0.4) is 0 Å². The molecule has 0 aliphatic carbocycles. The van der Waals surface area contributed by atoms with E-state index in [2.05, 4.69) is 5.92 Å². The highest BCUT2D eigenvalue weighted by Crippen LogP contribution is 2.09. The Bertz CT molecular complexity index is 361. The summed E-state index contributed by atoms with van der Waals surface area (Å²) in [6, 6.07) is 6.50. The first-order valence-electron chi connectivity index (χ1n) is 4.02. The molecule has 2 heteroatoms. The van der Waals surface area contributed by atoms with Gasteiger partial charge in [-0.05, 0) is 13.0 Å². The molecule has 2 N–H and O–H groups in total. The summed E-state index contributed by atoms with van der Waals surface area (Å²) in [6.45, 7) is 1.65. The Kier molecular flexibility index (Phi) is 2.84. The molecular formula is C11H11NO. The van der Waals surface area contributed by atoms with E-state index >= 15 is 0 Å². The molecule has 66 valence electrons. The topological polar surface area (TPSA) is 43.1 Å². The van der Waals surface area contributed by atoms with Crippen molar-refractivity contribution in [2.45, 2.75) is 13.0 Å². The quantitative estimate of drug-likeness (QED) is 0.539. The van der Waals surface area contributed by atoms with Crippen molar-refractivity contribution in [3.05, 3.63) is 35.4 Å². The van der Waals surface area contributed by atoms with Crippen LogP contribution in [0.25, 0.3) is 0 Å². The Balaban J connectivity index is 3.15. The van der Waals surface area contributed by atoms with Gasteiger partial charge in [-0.3, -0.25) is 4.79 Å². The van der Waals surface area contributed by atoms with E-state index in [4.69, 9.17) is 12.2 Å². The fraction of sp³-hybridized carbons (Fsp3) is 0.182. The Morgan fingerprint density at radius 2 is 2.15 bits per heavy atom. The molecule has 1 unspecified atom stereocenters. The van der Waals surface area contributed by atoms with Gasteiger partial charge in [-0.2, -0.15) is 0 Å². The summed E-state index contributed by atoms with van der Waals surface area (Å²) >= 11 is 0. The molecule has 0 bridgehead atoms. The van der Waals surface area contributed by atoms with Gasteiger partial charge >= 0.3 is 0 Å². The lowest BCUT2D eigenvalue weighted by Crippen LogP contribution is -2.27. The first-order valence-corrected chi connectivity index (χ1v) is 4.02. The largest absolute Gasteiger partial charge is 0.321 e. The predicted molar refractivity (Wildman–Crippen MR) is 52.4 cm³/mol. The number of carbonyl (C=O) groups is 1. The number of Topliss-reactive ketones (excluding diaryl/α,β-unsaturated/α-hetero) is 1. The van der Waals surface area contributed by atoms with Crippen molar-refractivity contribution < 1.29 is 4.79 Å². The van der Waals surface area contributed by atoms with E-state index in [0.29, 0.717) is 11.1 Å². The molecule has 0 aliphatic rings. The number of carbonyl (C=O) groups excluding carboxylic acids is 1. The maximum Gasteiger partial charge on any atom is 0.180 e. The minimum absolute atomic E-state index is 0.117. The highest BCUT2D eigenvalue weighted by molar-refractivity contribution is 6.01. The minimum Gasteiger partial charge on any atom is -0.321 e. The Morgan fingerprint density at radius 1 is 1.54 bits per heavy atom. The van der Waals surface area contributed by atoms with Crippen molar-refractivity contribution in [1.29, 1.82) is 0 Å². The molecular weight excluding hydrogens is 162 g/mol. The molecule has 1 atom stereocenters. The van der Waals surface area contributed by atoms with Crippen molar-refractivity contribution >= 4 is 5.78 Å². The van der Waals surface area contributed by atoms with Crippen LogP contribution in [-0.4, -0.2) is 11.8 Å². The number of rotatable bonds is 2. The normalized spacial score (nSPS) is 11.8. The summed E-state index contributed by atoms with van der Waals surface area (Å²) in [5, 5.41) is 0. The molecule has 0 spiro atoms. The van der Waals surface area contributed by atoms with E-state index in [9.17, 15) is 4.79 Å². The SMILES string of the molecule is C#Cc1ccccc1C(=O)C(C)N. The highest BCUT2D eigenvalue weighted by atomic mass is 16.1. The lowest BCUT2D eigenvalue weighted by Gasteiger charge is -2.05. The van der Waals surface area contributed by atoms with Crippen LogP contribution in [0.2, 0.25) is 0 Å². The summed E-state index contributed by atoms with van der Waals surface area (Å²) < 4.78 is 0. The summed E-state index contributed by atoms with van der Waals surface area (Å²) in [7, 11) is 0. The van der Waals surface area contributed by atoms with Gasteiger partial charge in [0, 0.05) is 11.1 Å². The average molecular weight is 173 g/mol. The van der Waals surface area contributed by atoms with Crippen LogP contribution in [0, 0.1) is 12.3 Å². The van der Waals surface area contributed by atoms with Crippen molar-refractivity contribution in [3.8, 4) is 12.3 Å². The van der Waals surface area contributed by atoms with Gasteiger partial charge in [0.1, 0.15) is 0 Å². The smallest absolute Gasteiger partial charge is 0.180 e. The Labute approximate surface area is 77.8 Å². The minimum atomic E-state index is -0.505. The van der Waals surface area contributed by atoms with Gasteiger partial charge in [-0.1, -0.05) is 24.1 Å². The van der Waals surface area contributed by atoms with Crippen LogP contribution < -0.4 is 5.73 Å². The molecule has 1 aromatic rings. The van der Waals surface area contributed by atoms with Crippen LogP contribution in [0.15, 0.2) is 24.3 Å². The van der Waals surface area contributed by atoms with Crippen LogP contribution in [-0.2, 0) is 0 Å². The van der Waals surface area contributed by atoms with Gasteiger partial charge in [-0.15, -0.1) is 6.42 Å². The van der Waals surface area contributed by atoms with Crippen molar-refractivity contribution in [2.24, 2.45) is 5.73 Å². The summed E-state index contributed by atoms with van der Waals surface area (Å²) in [4.78, 5) is 11.5. The van der Waals surface area contributed by atoms with Gasteiger partial charge in [0.25, 0.3) is 0 Å². The summed E-state index contributed by atoms with van der Waals surface area (Å²) in [5.74, 6) is 2.34. The first kappa shape index (κ1) is 9.50. The zero-order valence-corrected chi connectivity index (χ0v) is 7.45. The van der Waals surface area contributed by atoms with Gasteiger partial charge in [-0.25, -0.2) is 0 Å². The molecule has 0 radical (unpaired) electrons. The molecule has 13 heavy (non-hydrogen) atoms. The predicted octanol–water partition coefficient (Wildman–Crippen LogP) is 1.20. The second-order valence-electron chi connectivity index (χ2n) is 2.84. The molecule has 0 amide bonds. The molecule has 2 nitrogen and oxygen atoms in total. The molecule has 0 saturated carbocycles. The number of hydrogen-bond donors (Lipinski definition) is 1. The van der Waals surface area contributed by atoms with Crippen molar-refractivity contribution in [3.63, 3.8) is 0 Å². The second kappa shape index (κ2) is 3.88. The molecule has 0 fully saturated rings. The summed E-state index contributed by atoms with van der Waals surface area (Å²) in [5.41, 5.74) is 6.60. The van der Waals surface area contributed by atoms with Gasteiger partial charge in [0.2, 0.25) is 0 Å². The number of terminal acetylenes is 1. The fourth-order valence-corrected chi connectivity index (χ4v) is 1.07. The van der Waals surface area contributed by atoms with E-state index in [1.807, 2.05) is 0 Å². The monoisotopic (exact) mass is 173 g/mol. The molecule has 0 heterocycles. The number of benzene rings is 1. The van der Waals surface area contributed by atoms with Crippen LogP contribution >= 0.6 is 0 Å².